The quantitative estimate of drug-likeness (QED) is 0.774. The third kappa shape index (κ3) is 3.84. The van der Waals surface area contributed by atoms with E-state index in [0.29, 0.717) is 11.6 Å². The Morgan fingerprint density at radius 1 is 1.30 bits per heavy atom. The molecular formula is C21H22N4O2. The molecule has 0 aliphatic heterocycles. The van der Waals surface area contributed by atoms with Crippen LogP contribution in [0.4, 0.5) is 5.69 Å². The van der Waals surface area contributed by atoms with Crippen molar-refractivity contribution in [1.29, 1.82) is 0 Å². The molecule has 0 radical (unpaired) electrons. The molecule has 0 fully saturated rings. The Kier molecular flexibility index (Phi) is 4.62. The minimum absolute atomic E-state index is 0.0179. The summed E-state index contributed by atoms with van der Waals surface area (Å²) >= 11 is 0. The van der Waals surface area contributed by atoms with Crippen molar-refractivity contribution in [2.75, 3.05) is 5.32 Å². The van der Waals surface area contributed by atoms with E-state index in [1.54, 1.807) is 24.5 Å². The smallest absolute Gasteiger partial charge is 0.251 e. The zero-order chi connectivity index (χ0) is 18.8. The molecule has 3 aromatic heterocycles. The number of carbonyl (C=O) groups is 1. The number of allylic oxidation sites excluding steroid dienone is 2. The zero-order valence-corrected chi connectivity index (χ0v) is 15.3. The van der Waals surface area contributed by atoms with E-state index in [0.717, 1.165) is 30.5 Å². The summed E-state index contributed by atoms with van der Waals surface area (Å²) in [6.07, 6.45) is 12.6. The summed E-state index contributed by atoms with van der Waals surface area (Å²) in [7, 11) is 0. The fraction of sp³-hybridized carbons (Fsp3) is 0.286. The third-order valence-corrected chi connectivity index (χ3v) is 5.02. The fourth-order valence-corrected chi connectivity index (χ4v) is 3.42. The number of hydrogen-bond acceptors (Lipinski definition) is 3. The van der Waals surface area contributed by atoms with Gasteiger partial charge < -0.3 is 14.3 Å². The molecule has 0 saturated heterocycles. The van der Waals surface area contributed by atoms with E-state index in [2.05, 4.69) is 23.3 Å². The number of pyridine rings is 2. The van der Waals surface area contributed by atoms with Crippen molar-refractivity contribution in [2.24, 2.45) is 5.92 Å². The van der Waals surface area contributed by atoms with Gasteiger partial charge in [-0.3, -0.25) is 9.59 Å². The number of imidazole rings is 1. The molecule has 0 spiro atoms. The summed E-state index contributed by atoms with van der Waals surface area (Å²) in [4.78, 5) is 28.8. The van der Waals surface area contributed by atoms with Crippen LogP contribution in [-0.4, -0.2) is 19.9 Å². The second-order valence-corrected chi connectivity index (χ2v) is 7.15. The van der Waals surface area contributed by atoms with Gasteiger partial charge in [0.05, 0.1) is 0 Å². The number of fused-ring (bicyclic) bond motifs is 1. The highest BCUT2D eigenvalue weighted by molar-refractivity contribution is 5.91. The van der Waals surface area contributed by atoms with Crippen LogP contribution in [0.3, 0.4) is 0 Å². The SMILES string of the molecule is CC1CC=C(c2ccc(=O)n(CC(=O)Nc3ccn4ccnc4c3)c2)CC1. The first kappa shape index (κ1) is 17.3. The minimum Gasteiger partial charge on any atom is -0.324 e. The van der Waals surface area contributed by atoms with Crippen LogP contribution in [-0.2, 0) is 11.3 Å². The molecule has 1 amide bonds. The van der Waals surface area contributed by atoms with Gasteiger partial charge in [-0.15, -0.1) is 0 Å². The van der Waals surface area contributed by atoms with Crippen LogP contribution in [0, 0.1) is 5.92 Å². The van der Waals surface area contributed by atoms with E-state index in [4.69, 9.17) is 0 Å². The van der Waals surface area contributed by atoms with Crippen molar-refractivity contribution in [1.82, 2.24) is 14.0 Å². The van der Waals surface area contributed by atoms with Crippen molar-refractivity contribution in [3.05, 3.63) is 71.0 Å². The first-order valence-electron chi connectivity index (χ1n) is 9.21. The van der Waals surface area contributed by atoms with Crippen LogP contribution in [0.5, 0.6) is 0 Å². The normalized spacial score (nSPS) is 16.9. The number of rotatable bonds is 4. The maximum absolute atomic E-state index is 12.4. The lowest BCUT2D eigenvalue weighted by Crippen LogP contribution is -2.27. The van der Waals surface area contributed by atoms with Crippen molar-refractivity contribution >= 4 is 22.8 Å². The molecule has 138 valence electrons. The standard InChI is InChI=1S/C21H22N4O2/c1-15-2-4-16(5-3-15)17-6-7-21(27)25(13-17)14-20(26)23-18-8-10-24-11-9-22-19(24)12-18/h4,6-13,15H,2-3,5,14H2,1H3,(H,23,26). The highest BCUT2D eigenvalue weighted by atomic mass is 16.2. The molecule has 1 aliphatic carbocycles. The van der Waals surface area contributed by atoms with Crippen LogP contribution in [0.1, 0.15) is 31.7 Å². The van der Waals surface area contributed by atoms with Gasteiger partial charge in [0.2, 0.25) is 5.91 Å². The summed E-state index contributed by atoms with van der Waals surface area (Å²) in [6.45, 7) is 2.23. The maximum Gasteiger partial charge on any atom is 0.251 e. The van der Waals surface area contributed by atoms with Gasteiger partial charge in [-0.2, -0.15) is 0 Å². The number of amides is 1. The molecule has 4 rings (SSSR count). The lowest BCUT2D eigenvalue weighted by molar-refractivity contribution is -0.116. The monoisotopic (exact) mass is 362 g/mol. The topological polar surface area (TPSA) is 68.4 Å². The van der Waals surface area contributed by atoms with E-state index in [1.807, 2.05) is 22.9 Å². The number of hydrogen-bond donors (Lipinski definition) is 1. The predicted octanol–water partition coefficient (Wildman–Crippen LogP) is 3.34. The Balaban J connectivity index is 1.50. The van der Waals surface area contributed by atoms with Crippen LogP contribution in [0.25, 0.3) is 11.2 Å². The fourth-order valence-electron chi connectivity index (χ4n) is 3.42. The Bertz CT molecular complexity index is 1080. The molecule has 1 N–H and O–H groups in total. The molecule has 6 nitrogen and oxygen atoms in total. The number of nitrogens with one attached hydrogen (secondary N) is 1. The predicted molar refractivity (Wildman–Crippen MR) is 106 cm³/mol. The van der Waals surface area contributed by atoms with Gasteiger partial charge in [-0.25, -0.2) is 4.98 Å². The molecule has 0 aromatic carbocycles. The lowest BCUT2D eigenvalue weighted by Gasteiger charge is -2.19. The number of aromatic nitrogens is 3. The van der Waals surface area contributed by atoms with Gasteiger partial charge in [0, 0.05) is 42.6 Å². The molecule has 3 aromatic rings. The van der Waals surface area contributed by atoms with E-state index in [-0.39, 0.29) is 18.0 Å². The van der Waals surface area contributed by atoms with Crippen molar-refractivity contribution < 1.29 is 4.79 Å². The molecule has 27 heavy (non-hydrogen) atoms. The summed E-state index contributed by atoms with van der Waals surface area (Å²) < 4.78 is 3.33. The number of anilines is 1. The highest BCUT2D eigenvalue weighted by Crippen LogP contribution is 2.29. The molecule has 6 heteroatoms. The van der Waals surface area contributed by atoms with Gasteiger partial charge >= 0.3 is 0 Å². The molecule has 1 unspecified atom stereocenters. The number of nitrogens with zero attached hydrogens (tertiary/aromatic N) is 3. The Morgan fingerprint density at radius 2 is 2.19 bits per heavy atom. The average Bonchev–Trinajstić information content (AvgIpc) is 3.12. The largest absolute Gasteiger partial charge is 0.324 e. The third-order valence-electron chi connectivity index (χ3n) is 5.02. The van der Waals surface area contributed by atoms with E-state index in [9.17, 15) is 9.59 Å². The van der Waals surface area contributed by atoms with Gasteiger partial charge in [0.25, 0.3) is 5.56 Å². The Hall–Kier alpha value is -3.15. The van der Waals surface area contributed by atoms with E-state index < -0.39 is 0 Å². The molecular weight excluding hydrogens is 340 g/mol. The molecule has 0 saturated carbocycles. The minimum atomic E-state index is -0.239. The Labute approximate surface area is 157 Å². The first-order valence-corrected chi connectivity index (χ1v) is 9.21. The lowest BCUT2D eigenvalue weighted by atomic mass is 9.88. The zero-order valence-electron chi connectivity index (χ0n) is 15.3. The summed E-state index contributed by atoms with van der Waals surface area (Å²) in [6, 6.07) is 6.99. The second-order valence-electron chi connectivity index (χ2n) is 7.15. The Morgan fingerprint density at radius 3 is 3.00 bits per heavy atom. The van der Waals surface area contributed by atoms with E-state index >= 15 is 0 Å². The molecule has 3 heterocycles. The average molecular weight is 362 g/mol. The summed E-state index contributed by atoms with van der Waals surface area (Å²) in [5.41, 5.74) is 3.51. The van der Waals surface area contributed by atoms with Gasteiger partial charge in [-0.05, 0) is 48.4 Å². The number of carbonyl (C=O) groups excluding carboxylic acids is 1. The van der Waals surface area contributed by atoms with Crippen molar-refractivity contribution in [3.8, 4) is 0 Å². The van der Waals surface area contributed by atoms with Crippen LogP contribution < -0.4 is 10.9 Å². The van der Waals surface area contributed by atoms with Crippen molar-refractivity contribution in [3.63, 3.8) is 0 Å². The van der Waals surface area contributed by atoms with Crippen LogP contribution in [0.2, 0.25) is 0 Å². The van der Waals surface area contributed by atoms with Gasteiger partial charge in [0.1, 0.15) is 12.2 Å². The molecule has 1 aliphatic rings. The molecule has 1 atom stereocenters. The van der Waals surface area contributed by atoms with Crippen LogP contribution in [0.15, 0.2) is 59.9 Å². The van der Waals surface area contributed by atoms with Crippen LogP contribution >= 0.6 is 0 Å². The van der Waals surface area contributed by atoms with Gasteiger partial charge in [0.15, 0.2) is 0 Å². The maximum atomic E-state index is 12.4. The molecule has 0 bridgehead atoms. The van der Waals surface area contributed by atoms with Crippen molar-refractivity contribution in [2.45, 2.75) is 32.7 Å². The van der Waals surface area contributed by atoms with E-state index in [1.165, 1.54) is 16.2 Å². The highest BCUT2D eigenvalue weighted by Gasteiger charge is 2.13. The summed E-state index contributed by atoms with van der Waals surface area (Å²) in [5, 5.41) is 2.84. The van der Waals surface area contributed by atoms with Gasteiger partial charge in [-0.1, -0.05) is 13.0 Å². The second kappa shape index (κ2) is 7.23. The summed E-state index contributed by atoms with van der Waals surface area (Å²) in [5.74, 6) is 0.467. The first-order chi connectivity index (χ1) is 13.1.